The lowest BCUT2D eigenvalue weighted by molar-refractivity contribution is 0.262. The zero-order valence-corrected chi connectivity index (χ0v) is 28.3. The molecule has 42 heavy (non-hydrogen) atoms. The SMILES string of the molecule is CCCCCCCCCCCCCCCCOc1cc(NS(=O)(=O)c2ccccc2)c(O)cc1C(C)(C)CC(C)(C)C. The van der Waals surface area contributed by atoms with Crippen molar-refractivity contribution in [2.24, 2.45) is 5.41 Å². The molecule has 0 amide bonds. The number of ether oxygens (including phenoxy) is 1. The van der Waals surface area contributed by atoms with Gasteiger partial charge in [-0.15, -0.1) is 0 Å². The molecule has 0 bridgehead atoms. The van der Waals surface area contributed by atoms with Crippen LogP contribution in [-0.4, -0.2) is 20.1 Å². The number of phenolic OH excluding ortho intramolecular Hbond substituents is 1. The molecule has 0 fully saturated rings. The van der Waals surface area contributed by atoms with E-state index in [1.807, 2.05) is 0 Å². The molecule has 2 N–H and O–H groups in total. The van der Waals surface area contributed by atoms with Crippen molar-refractivity contribution in [2.75, 3.05) is 11.3 Å². The van der Waals surface area contributed by atoms with Gasteiger partial charge in [-0.05, 0) is 41.9 Å². The third-order valence-electron chi connectivity index (χ3n) is 7.85. The number of hydrogen-bond donors (Lipinski definition) is 2. The van der Waals surface area contributed by atoms with Gasteiger partial charge in [-0.25, -0.2) is 8.42 Å². The van der Waals surface area contributed by atoms with E-state index >= 15 is 0 Å². The average Bonchev–Trinajstić information content (AvgIpc) is 2.91. The number of phenols is 1. The molecule has 0 heterocycles. The largest absolute Gasteiger partial charge is 0.506 e. The average molecular weight is 602 g/mol. The van der Waals surface area contributed by atoms with Gasteiger partial charge in [0.25, 0.3) is 10.0 Å². The van der Waals surface area contributed by atoms with E-state index in [0.717, 1.165) is 24.8 Å². The molecule has 0 saturated heterocycles. The van der Waals surface area contributed by atoms with E-state index in [1.54, 1.807) is 30.3 Å². The van der Waals surface area contributed by atoms with Crippen LogP contribution in [0, 0.1) is 5.41 Å². The van der Waals surface area contributed by atoms with Crippen molar-refractivity contribution in [3.8, 4) is 11.5 Å². The van der Waals surface area contributed by atoms with Crippen LogP contribution < -0.4 is 9.46 Å². The first-order chi connectivity index (χ1) is 19.9. The van der Waals surface area contributed by atoms with Gasteiger partial charge in [-0.2, -0.15) is 0 Å². The van der Waals surface area contributed by atoms with Gasteiger partial charge in [0.15, 0.2) is 0 Å². The quantitative estimate of drug-likeness (QED) is 0.110. The lowest BCUT2D eigenvalue weighted by Gasteiger charge is -2.34. The molecule has 0 aliphatic carbocycles. The smallest absolute Gasteiger partial charge is 0.262 e. The number of rotatable bonds is 21. The summed E-state index contributed by atoms with van der Waals surface area (Å²) in [5.41, 5.74) is 0.809. The Labute approximate surface area is 257 Å². The van der Waals surface area contributed by atoms with Crippen molar-refractivity contribution in [3.63, 3.8) is 0 Å². The zero-order chi connectivity index (χ0) is 31.1. The minimum Gasteiger partial charge on any atom is -0.506 e. The standard InChI is InChI=1S/C36H59NO4S/c1-7-8-9-10-11-12-13-14-15-16-17-18-19-23-26-41-34-28-32(37-42(39,40)30-24-21-20-22-25-30)33(38)27-31(34)36(5,6)29-35(2,3)4/h20-22,24-25,27-28,37-38H,7-19,23,26,29H2,1-6H3. The molecule has 0 unspecified atom stereocenters. The summed E-state index contributed by atoms with van der Waals surface area (Å²) in [5, 5.41) is 10.9. The Hall–Kier alpha value is -2.21. The molecular weight excluding hydrogens is 542 g/mol. The van der Waals surface area contributed by atoms with Crippen molar-refractivity contribution >= 4 is 15.7 Å². The van der Waals surface area contributed by atoms with Gasteiger partial charge in [0.1, 0.15) is 11.5 Å². The second-order valence-corrected chi connectivity index (χ2v) is 15.5. The van der Waals surface area contributed by atoms with Crippen LogP contribution in [0.2, 0.25) is 0 Å². The summed E-state index contributed by atoms with van der Waals surface area (Å²) in [7, 11) is -3.85. The normalized spacial score (nSPS) is 12.4. The number of aromatic hydroxyl groups is 1. The summed E-state index contributed by atoms with van der Waals surface area (Å²) in [5.74, 6) is 0.526. The third-order valence-corrected chi connectivity index (χ3v) is 9.23. The molecule has 2 aromatic rings. The topological polar surface area (TPSA) is 75.6 Å². The molecule has 2 aromatic carbocycles. The molecule has 238 valence electrons. The Kier molecular flexibility index (Phi) is 15.2. The molecule has 2 rings (SSSR count). The second kappa shape index (κ2) is 17.8. The molecule has 0 radical (unpaired) electrons. The molecule has 0 aromatic heterocycles. The van der Waals surface area contributed by atoms with E-state index in [9.17, 15) is 13.5 Å². The van der Waals surface area contributed by atoms with E-state index in [0.29, 0.717) is 12.4 Å². The van der Waals surface area contributed by atoms with Crippen molar-refractivity contribution in [1.29, 1.82) is 0 Å². The maximum atomic E-state index is 13.0. The van der Waals surface area contributed by atoms with E-state index in [2.05, 4.69) is 46.3 Å². The summed E-state index contributed by atoms with van der Waals surface area (Å²) >= 11 is 0. The summed E-state index contributed by atoms with van der Waals surface area (Å²) in [6, 6.07) is 11.5. The molecule has 0 saturated carbocycles. The zero-order valence-electron chi connectivity index (χ0n) is 27.4. The minimum atomic E-state index is -3.85. The molecule has 0 aliphatic rings. The summed E-state index contributed by atoms with van der Waals surface area (Å²) in [4.78, 5) is 0.145. The Morgan fingerprint density at radius 1 is 0.738 bits per heavy atom. The van der Waals surface area contributed by atoms with E-state index < -0.39 is 10.0 Å². The van der Waals surface area contributed by atoms with Gasteiger partial charge < -0.3 is 9.84 Å². The highest BCUT2D eigenvalue weighted by Gasteiger charge is 2.31. The Morgan fingerprint density at radius 2 is 1.24 bits per heavy atom. The van der Waals surface area contributed by atoms with Crippen LogP contribution in [0.5, 0.6) is 11.5 Å². The fourth-order valence-electron chi connectivity index (χ4n) is 6.00. The second-order valence-electron chi connectivity index (χ2n) is 13.9. The van der Waals surface area contributed by atoms with E-state index in [-0.39, 0.29) is 27.2 Å². The fourth-order valence-corrected chi connectivity index (χ4v) is 7.09. The third kappa shape index (κ3) is 13.4. The van der Waals surface area contributed by atoms with Crippen molar-refractivity contribution in [3.05, 3.63) is 48.0 Å². The number of nitrogens with one attached hydrogen (secondary N) is 1. The Balaban J connectivity index is 1.92. The first kappa shape index (κ1) is 36.0. The highest BCUT2D eigenvalue weighted by Crippen LogP contribution is 2.44. The van der Waals surface area contributed by atoms with Gasteiger partial charge >= 0.3 is 0 Å². The number of unbranched alkanes of at least 4 members (excludes halogenated alkanes) is 13. The first-order valence-electron chi connectivity index (χ1n) is 16.4. The van der Waals surface area contributed by atoms with Gasteiger partial charge in [-0.1, -0.05) is 143 Å². The predicted molar refractivity (Wildman–Crippen MR) is 178 cm³/mol. The highest BCUT2D eigenvalue weighted by molar-refractivity contribution is 7.92. The van der Waals surface area contributed by atoms with Crippen LogP contribution in [-0.2, 0) is 15.4 Å². The fraction of sp³-hybridized carbons (Fsp3) is 0.667. The van der Waals surface area contributed by atoms with Crippen LogP contribution in [0.3, 0.4) is 0 Å². The van der Waals surface area contributed by atoms with Gasteiger partial charge in [0.05, 0.1) is 17.2 Å². The number of sulfonamides is 1. The van der Waals surface area contributed by atoms with Crippen molar-refractivity contribution in [1.82, 2.24) is 0 Å². The monoisotopic (exact) mass is 601 g/mol. The molecule has 0 atom stereocenters. The van der Waals surface area contributed by atoms with Crippen LogP contribution >= 0.6 is 0 Å². The van der Waals surface area contributed by atoms with Gasteiger partial charge in [-0.3, -0.25) is 4.72 Å². The Morgan fingerprint density at radius 3 is 1.74 bits per heavy atom. The molecule has 6 heteroatoms. The van der Waals surface area contributed by atoms with Crippen molar-refractivity contribution < 1.29 is 18.3 Å². The lowest BCUT2D eigenvalue weighted by atomic mass is 9.72. The summed E-state index contributed by atoms with van der Waals surface area (Å²) in [6.07, 6.45) is 19.1. The van der Waals surface area contributed by atoms with E-state index in [1.165, 1.54) is 89.2 Å². The highest BCUT2D eigenvalue weighted by atomic mass is 32.2. The number of anilines is 1. The van der Waals surface area contributed by atoms with Gasteiger partial charge in [0.2, 0.25) is 0 Å². The first-order valence-corrected chi connectivity index (χ1v) is 17.9. The lowest BCUT2D eigenvalue weighted by Crippen LogP contribution is -2.26. The maximum Gasteiger partial charge on any atom is 0.262 e. The predicted octanol–water partition coefficient (Wildman–Crippen LogP) is 10.8. The van der Waals surface area contributed by atoms with Gasteiger partial charge in [0, 0.05) is 11.6 Å². The number of hydrogen-bond acceptors (Lipinski definition) is 4. The molecule has 0 spiro atoms. The maximum absolute atomic E-state index is 13.0. The number of benzene rings is 2. The van der Waals surface area contributed by atoms with Crippen molar-refractivity contribution in [2.45, 2.75) is 148 Å². The van der Waals surface area contributed by atoms with E-state index in [4.69, 9.17) is 4.74 Å². The molecule has 0 aliphatic heterocycles. The molecule has 5 nitrogen and oxygen atoms in total. The summed E-state index contributed by atoms with van der Waals surface area (Å²) in [6.45, 7) is 13.7. The minimum absolute atomic E-state index is 0.0680. The van der Waals surface area contributed by atoms with Crippen LogP contribution in [0.15, 0.2) is 47.4 Å². The van der Waals surface area contributed by atoms with Crippen LogP contribution in [0.25, 0.3) is 0 Å². The Bertz CT molecular complexity index is 1140. The molecular formula is C36H59NO4S. The summed E-state index contributed by atoms with van der Waals surface area (Å²) < 4.78 is 34.8. The van der Waals surface area contributed by atoms with Crippen LogP contribution in [0.1, 0.15) is 143 Å². The van der Waals surface area contributed by atoms with Crippen LogP contribution in [0.4, 0.5) is 5.69 Å².